The summed E-state index contributed by atoms with van der Waals surface area (Å²) in [4.78, 5) is 34.3. The van der Waals surface area contributed by atoms with E-state index in [0.29, 0.717) is 88.4 Å². The number of rotatable bonds is 16. The number of nitrogens with two attached hydrogens (primary N) is 2. The van der Waals surface area contributed by atoms with Crippen LogP contribution >= 0.6 is 23.2 Å². The summed E-state index contributed by atoms with van der Waals surface area (Å²) in [5.74, 6) is 0.773. The SMILES string of the molecule is Cc1nc(Nc2ccccc2C(=O)O)c(NCc2ccc(-c3cc(Cl)ccc3Cl)o2)c(NC(CCCCN)C(=O)NCCN)n1. The lowest BCUT2D eigenvalue weighted by Gasteiger charge is -2.23. The van der Waals surface area contributed by atoms with E-state index in [0.717, 1.165) is 6.42 Å². The number of aryl methyl sites for hydroxylation is 1. The zero-order chi connectivity index (χ0) is 32.3. The van der Waals surface area contributed by atoms with Crippen LogP contribution in [0.4, 0.5) is 23.0 Å². The number of amides is 1. The lowest BCUT2D eigenvalue weighted by atomic mass is 10.1. The molecule has 2 aromatic heterocycles. The molecule has 1 amide bonds. The monoisotopic (exact) mass is 654 g/mol. The third-order valence-electron chi connectivity index (χ3n) is 6.74. The second-order valence-corrected chi connectivity index (χ2v) is 11.0. The van der Waals surface area contributed by atoms with Crippen molar-refractivity contribution in [1.29, 1.82) is 0 Å². The van der Waals surface area contributed by atoms with Gasteiger partial charge in [0.25, 0.3) is 0 Å². The molecule has 0 bridgehead atoms. The Hall–Kier alpha value is -4.36. The molecule has 2 heterocycles. The van der Waals surface area contributed by atoms with Gasteiger partial charge < -0.3 is 42.3 Å². The van der Waals surface area contributed by atoms with E-state index in [1.54, 1.807) is 55.5 Å². The number of aromatic carboxylic acids is 1. The molecule has 45 heavy (non-hydrogen) atoms. The summed E-state index contributed by atoms with van der Waals surface area (Å²) in [5.41, 5.74) is 12.7. The zero-order valence-electron chi connectivity index (χ0n) is 24.7. The van der Waals surface area contributed by atoms with Crippen molar-refractivity contribution in [2.75, 3.05) is 35.6 Å². The highest BCUT2D eigenvalue weighted by atomic mass is 35.5. The van der Waals surface area contributed by atoms with Crippen LogP contribution in [-0.4, -0.2) is 52.6 Å². The van der Waals surface area contributed by atoms with Gasteiger partial charge in [0.2, 0.25) is 5.91 Å². The number of halogens is 2. The number of anilines is 4. The van der Waals surface area contributed by atoms with Crippen molar-refractivity contribution in [1.82, 2.24) is 15.3 Å². The number of hydrogen-bond acceptors (Lipinski definition) is 10. The van der Waals surface area contributed by atoms with Gasteiger partial charge in [0.05, 0.1) is 22.8 Å². The summed E-state index contributed by atoms with van der Waals surface area (Å²) < 4.78 is 6.08. The van der Waals surface area contributed by atoms with Crippen LogP contribution in [0.15, 0.2) is 59.0 Å². The van der Waals surface area contributed by atoms with Crippen molar-refractivity contribution in [2.24, 2.45) is 11.5 Å². The van der Waals surface area contributed by atoms with Gasteiger partial charge in [-0.15, -0.1) is 0 Å². The zero-order valence-corrected chi connectivity index (χ0v) is 26.2. The van der Waals surface area contributed by atoms with E-state index in [9.17, 15) is 14.7 Å². The quantitative estimate of drug-likeness (QED) is 0.0766. The second-order valence-electron chi connectivity index (χ2n) is 10.1. The fourth-order valence-electron chi connectivity index (χ4n) is 4.57. The number of hydrogen-bond donors (Lipinski definition) is 7. The maximum absolute atomic E-state index is 13.1. The fraction of sp³-hybridized carbons (Fsp3) is 0.290. The molecular formula is C31H36Cl2N8O4. The third-order valence-corrected chi connectivity index (χ3v) is 7.31. The molecule has 1 atom stereocenters. The van der Waals surface area contributed by atoms with Crippen LogP contribution in [0.25, 0.3) is 11.3 Å². The predicted molar refractivity (Wildman–Crippen MR) is 177 cm³/mol. The van der Waals surface area contributed by atoms with E-state index >= 15 is 0 Å². The normalized spacial score (nSPS) is 11.6. The van der Waals surface area contributed by atoms with Crippen LogP contribution in [0.5, 0.6) is 0 Å². The number of carbonyl (C=O) groups is 2. The van der Waals surface area contributed by atoms with Gasteiger partial charge in [-0.3, -0.25) is 4.79 Å². The van der Waals surface area contributed by atoms with Crippen molar-refractivity contribution < 1.29 is 19.1 Å². The average molecular weight is 656 g/mol. The first-order chi connectivity index (χ1) is 21.7. The molecule has 0 fully saturated rings. The highest BCUT2D eigenvalue weighted by Gasteiger charge is 2.23. The minimum absolute atomic E-state index is 0.0594. The molecule has 0 aliphatic rings. The molecule has 0 aliphatic carbocycles. The maximum atomic E-state index is 13.1. The van der Waals surface area contributed by atoms with E-state index in [-0.39, 0.29) is 18.0 Å². The van der Waals surface area contributed by atoms with Crippen LogP contribution < -0.4 is 32.7 Å². The average Bonchev–Trinajstić information content (AvgIpc) is 3.49. The second kappa shape index (κ2) is 16.1. The van der Waals surface area contributed by atoms with Gasteiger partial charge in [-0.1, -0.05) is 35.3 Å². The van der Waals surface area contributed by atoms with Crippen molar-refractivity contribution in [3.8, 4) is 11.3 Å². The molecule has 0 spiro atoms. The number of nitrogens with one attached hydrogen (secondary N) is 4. The molecule has 4 rings (SSSR count). The first kappa shape index (κ1) is 33.5. The smallest absolute Gasteiger partial charge is 0.337 e. The summed E-state index contributed by atoms with van der Waals surface area (Å²) in [5, 5.41) is 23.3. The number of carbonyl (C=O) groups excluding carboxylic acids is 1. The highest BCUT2D eigenvalue weighted by Crippen LogP contribution is 2.35. The van der Waals surface area contributed by atoms with E-state index in [1.165, 1.54) is 6.07 Å². The number of carboxylic acids is 1. The Morgan fingerprint density at radius 1 is 1.00 bits per heavy atom. The van der Waals surface area contributed by atoms with Gasteiger partial charge in [-0.2, -0.15) is 0 Å². The number of benzene rings is 2. The first-order valence-electron chi connectivity index (χ1n) is 14.4. The standard InChI is InChI=1S/C31H36Cl2N8O4/c1-18-38-28(40-24-7-3-2-6-21(24)31(43)44)27(29(39-18)41-25(8-4-5-13-34)30(42)36-15-14-35)37-17-20-10-12-26(45-20)22-16-19(32)9-11-23(22)33/h2-3,6-7,9-12,16,25,37H,4-5,8,13-15,17,34-35H2,1H3,(H,36,42)(H,43,44)(H2,38,39,40,41). The lowest BCUT2D eigenvalue weighted by Crippen LogP contribution is -2.42. The fourth-order valence-corrected chi connectivity index (χ4v) is 4.95. The number of para-hydroxylation sites is 1. The summed E-state index contributed by atoms with van der Waals surface area (Å²) in [6.07, 6.45) is 1.94. The van der Waals surface area contributed by atoms with E-state index in [4.69, 9.17) is 39.1 Å². The Balaban J connectivity index is 1.71. The highest BCUT2D eigenvalue weighted by molar-refractivity contribution is 6.35. The van der Waals surface area contributed by atoms with E-state index in [2.05, 4.69) is 31.2 Å². The summed E-state index contributed by atoms with van der Waals surface area (Å²) >= 11 is 12.5. The van der Waals surface area contributed by atoms with Crippen molar-refractivity contribution in [3.05, 3.63) is 81.8 Å². The van der Waals surface area contributed by atoms with E-state index < -0.39 is 12.0 Å². The van der Waals surface area contributed by atoms with Gasteiger partial charge in [-0.25, -0.2) is 14.8 Å². The number of nitrogens with zero attached hydrogens (tertiary/aromatic N) is 2. The van der Waals surface area contributed by atoms with Crippen LogP contribution in [0.2, 0.25) is 10.0 Å². The van der Waals surface area contributed by atoms with Gasteiger partial charge in [0.1, 0.15) is 29.1 Å². The summed E-state index contributed by atoms with van der Waals surface area (Å²) in [6.45, 7) is 3.00. The van der Waals surface area contributed by atoms with Crippen LogP contribution in [0.3, 0.4) is 0 Å². The van der Waals surface area contributed by atoms with Gasteiger partial charge in [0, 0.05) is 23.7 Å². The Labute approximate surface area is 270 Å². The molecule has 238 valence electrons. The topological polar surface area (TPSA) is 193 Å². The van der Waals surface area contributed by atoms with Crippen LogP contribution in [0.1, 0.15) is 41.2 Å². The van der Waals surface area contributed by atoms with Crippen LogP contribution in [-0.2, 0) is 11.3 Å². The molecule has 0 aliphatic heterocycles. The van der Waals surface area contributed by atoms with Gasteiger partial charge in [-0.05, 0) is 75.2 Å². The van der Waals surface area contributed by atoms with Gasteiger partial charge in [0.15, 0.2) is 11.6 Å². The Morgan fingerprint density at radius 2 is 1.78 bits per heavy atom. The molecule has 0 saturated carbocycles. The van der Waals surface area contributed by atoms with E-state index in [1.807, 2.05) is 0 Å². The summed E-state index contributed by atoms with van der Waals surface area (Å²) in [7, 11) is 0. The molecular weight excluding hydrogens is 619 g/mol. The molecule has 12 nitrogen and oxygen atoms in total. The third kappa shape index (κ3) is 9.08. The number of aromatic nitrogens is 2. The molecule has 1 unspecified atom stereocenters. The molecule has 14 heteroatoms. The van der Waals surface area contributed by atoms with Crippen molar-refractivity contribution in [3.63, 3.8) is 0 Å². The van der Waals surface area contributed by atoms with Crippen LogP contribution in [0, 0.1) is 6.92 Å². The number of unbranched alkanes of at least 4 members (excludes halogenated alkanes) is 1. The lowest BCUT2D eigenvalue weighted by molar-refractivity contribution is -0.121. The Kier molecular flexibility index (Phi) is 12.0. The number of furan rings is 1. The van der Waals surface area contributed by atoms with Crippen molar-refractivity contribution in [2.45, 2.75) is 38.8 Å². The molecule has 0 saturated heterocycles. The Bertz CT molecular complexity index is 1630. The molecule has 9 N–H and O–H groups in total. The minimum Gasteiger partial charge on any atom is -0.478 e. The largest absolute Gasteiger partial charge is 0.478 e. The Morgan fingerprint density at radius 3 is 2.53 bits per heavy atom. The molecule has 4 aromatic rings. The maximum Gasteiger partial charge on any atom is 0.337 e. The molecule has 0 radical (unpaired) electrons. The summed E-state index contributed by atoms with van der Waals surface area (Å²) in [6, 6.07) is 14.5. The predicted octanol–water partition coefficient (Wildman–Crippen LogP) is 5.39. The first-order valence-corrected chi connectivity index (χ1v) is 15.2. The van der Waals surface area contributed by atoms with Gasteiger partial charge >= 0.3 is 5.97 Å². The molecule has 2 aromatic carbocycles. The minimum atomic E-state index is -1.10. The van der Waals surface area contributed by atoms with Crippen molar-refractivity contribution >= 4 is 58.1 Å². The number of carboxylic acid groups (broad SMARTS) is 1.